The van der Waals surface area contributed by atoms with Gasteiger partial charge in [0.1, 0.15) is 5.75 Å². The number of aryl methyl sites for hydroxylation is 2. The van der Waals surface area contributed by atoms with Gasteiger partial charge in [0.15, 0.2) is 6.10 Å². The predicted octanol–water partition coefficient (Wildman–Crippen LogP) is 7.13. The van der Waals surface area contributed by atoms with Crippen LogP contribution < -0.4 is 4.74 Å². The topological polar surface area (TPSA) is 52.6 Å². The van der Waals surface area contributed by atoms with E-state index in [2.05, 4.69) is 30.9 Å². The number of rotatable bonds is 15. The molecule has 35 heavy (non-hydrogen) atoms. The zero-order chi connectivity index (χ0) is 25.3. The van der Waals surface area contributed by atoms with E-state index in [-0.39, 0.29) is 5.78 Å². The average Bonchev–Trinajstić information content (AvgIpc) is 2.88. The maximum Gasteiger partial charge on any atom is 0.338 e. The van der Waals surface area contributed by atoms with E-state index in [0.717, 1.165) is 43.6 Å². The molecule has 0 aliphatic heterocycles. The Morgan fingerprint density at radius 2 is 1.40 bits per heavy atom. The second-order valence-corrected chi connectivity index (χ2v) is 8.92. The quantitative estimate of drug-likeness (QED) is 0.119. The van der Waals surface area contributed by atoms with Crippen molar-refractivity contribution in [2.75, 3.05) is 6.61 Å². The summed E-state index contributed by atoms with van der Waals surface area (Å²) in [7, 11) is 0. The molecule has 0 aliphatic rings. The molecule has 2 aromatic carbocycles. The lowest BCUT2D eigenvalue weighted by atomic mass is 10.0. The van der Waals surface area contributed by atoms with Crippen LogP contribution in [0.1, 0.15) is 93.6 Å². The monoisotopic (exact) mass is 476 g/mol. The molecule has 4 heteroatoms. The first kappa shape index (κ1) is 28.2. The van der Waals surface area contributed by atoms with Crippen LogP contribution in [0.25, 0.3) is 0 Å². The lowest BCUT2D eigenvalue weighted by Crippen LogP contribution is -2.23. The van der Waals surface area contributed by atoms with Crippen molar-refractivity contribution in [2.24, 2.45) is 0 Å². The number of unbranched alkanes of at least 4 members (excludes halogenated alkanes) is 6. The molecular formula is C31H40O4. The first-order chi connectivity index (χ1) is 17.0. The fourth-order valence-electron chi connectivity index (χ4n) is 3.58. The molecule has 0 radical (unpaired) electrons. The fraction of sp³-hybridized carbons (Fsp3) is 0.484. The van der Waals surface area contributed by atoms with Crippen LogP contribution in [0.15, 0.2) is 48.5 Å². The minimum absolute atomic E-state index is 0.373. The minimum Gasteiger partial charge on any atom is -0.494 e. The standard InChI is InChI=1S/C31H40O4/c1-4-6-8-9-10-12-24-34-29-22-18-27(19-23-29)15-14-26-16-20-28(21-17-26)31(33)35-25(3)30(32)13-11-7-5-2/h16-23,25H,4-10,12,14-15,24H2,1-3H3. The summed E-state index contributed by atoms with van der Waals surface area (Å²) in [5, 5.41) is 0. The summed E-state index contributed by atoms with van der Waals surface area (Å²) >= 11 is 0. The summed E-state index contributed by atoms with van der Waals surface area (Å²) in [6.07, 6.45) is 10.0. The smallest absolute Gasteiger partial charge is 0.338 e. The molecule has 0 spiro atoms. The van der Waals surface area contributed by atoms with Crippen molar-refractivity contribution < 1.29 is 19.1 Å². The van der Waals surface area contributed by atoms with Crippen LogP contribution in [0.4, 0.5) is 0 Å². The lowest BCUT2D eigenvalue weighted by Gasteiger charge is -2.10. The minimum atomic E-state index is -0.871. The van der Waals surface area contributed by atoms with Gasteiger partial charge in [-0.25, -0.2) is 4.79 Å². The second kappa shape index (κ2) is 16.5. The summed E-state index contributed by atoms with van der Waals surface area (Å²) in [5.41, 5.74) is 2.82. The highest BCUT2D eigenvalue weighted by Crippen LogP contribution is 2.16. The zero-order valence-corrected chi connectivity index (χ0v) is 21.6. The molecule has 2 aromatic rings. The van der Waals surface area contributed by atoms with Gasteiger partial charge in [-0.15, -0.1) is 0 Å². The van der Waals surface area contributed by atoms with E-state index in [9.17, 15) is 9.59 Å². The first-order valence-electron chi connectivity index (χ1n) is 13.1. The number of hydrogen-bond donors (Lipinski definition) is 0. The molecule has 0 saturated carbocycles. The highest BCUT2D eigenvalue weighted by atomic mass is 16.5. The lowest BCUT2D eigenvalue weighted by molar-refractivity contribution is -0.121. The molecule has 1 unspecified atom stereocenters. The van der Waals surface area contributed by atoms with E-state index < -0.39 is 12.1 Å². The normalized spacial score (nSPS) is 11.3. The highest BCUT2D eigenvalue weighted by molar-refractivity contribution is 6.01. The van der Waals surface area contributed by atoms with Gasteiger partial charge in [-0.05, 0) is 73.9 Å². The van der Waals surface area contributed by atoms with Crippen molar-refractivity contribution >= 4 is 11.8 Å². The maximum absolute atomic E-state index is 12.3. The molecule has 0 fully saturated rings. The largest absolute Gasteiger partial charge is 0.494 e. The van der Waals surface area contributed by atoms with Gasteiger partial charge in [0.05, 0.1) is 12.2 Å². The van der Waals surface area contributed by atoms with Crippen molar-refractivity contribution in [3.63, 3.8) is 0 Å². The van der Waals surface area contributed by atoms with E-state index in [1.165, 1.54) is 37.7 Å². The molecule has 0 N–H and O–H groups in total. The fourth-order valence-corrected chi connectivity index (χ4v) is 3.58. The molecule has 0 bridgehead atoms. The first-order valence-corrected chi connectivity index (χ1v) is 13.1. The van der Waals surface area contributed by atoms with E-state index in [0.29, 0.717) is 12.0 Å². The Labute approximate surface area is 211 Å². The number of carbonyl (C=O) groups excluding carboxylic acids is 2. The van der Waals surface area contributed by atoms with Gasteiger partial charge in [-0.3, -0.25) is 4.79 Å². The summed E-state index contributed by atoms with van der Waals surface area (Å²) < 4.78 is 11.1. The Kier molecular flexibility index (Phi) is 13.3. The number of ketones is 1. The predicted molar refractivity (Wildman–Crippen MR) is 142 cm³/mol. The molecule has 1 atom stereocenters. The van der Waals surface area contributed by atoms with Crippen LogP contribution in [-0.2, 0) is 22.4 Å². The van der Waals surface area contributed by atoms with E-state index in [4.69, 9.17) is 9.47 Å². The summed E-state index contributed by atoms with van der Waals surface area (Å²) in [5.74, 6) is 5.36. The third kappa shape index (κ3) is 11.3. The third-order valence-corrected chi connectivity index (χ3v) is 5.82. The number of benzene rings is 2. The Morgan fingerprint density at radius 3 is 2.03 bits per heavy atom. The second-order valence-electron chi connectivity index (χ2n) is 8.92. The van der Waals surface area contributed by atoms with Crippen LogP contribution in [0.2, 0.25) is 0 Å². The molecule has 0 amide bonds. The van der Waals surface area contributed by atoms with Gasteiger partial charge < -0.3 is 9.47 Å². The van der Waals surface area contributed by atoms with Gasteiger partial charge in [-0.2, -0.15) is 0 Å². The molecule has 0 aliphatic carbocycles. The average molecular weight is 477 g/mol. The van der Waals surface area contributed by atoms with Crippen LogP contribution in [0.3, 0.4) is 0 Å². The Morgan fingerprint density at radius 1 is 0.800 bits per heavy atom. The van der Waals surface area contributed by atoms with Gasteiger partial charge in [0, 0.05) is 6.42 Å². The molecule has 0 saturated heterocycles. The van der Waals surface area contributed by atoms with Crippen molar-refractivity contribution in [1.29, 1.82) is 0 Å². The Balaban J connectivity index is 1.73. The SMILES string of the molecule is CCCC#CC(=O)C(C)OC(=O)c1ccc(CCc2ccc(OCCCCCCCC)cc2)cc1. The molecule has 0 heterocycles. The van der Waals surface area contributed by atoms with E-state index in [1.807, 2.05) is 31.2 Å². The van der Waals surface area contributed by atoms with Crippen molar-refractivity contribution in [3.05, 3.63) is 65.2 Å². The van der Waals surface area contributed by atoms with Crippen molar-refractivity contribution in [1.82, 2.24) is 0 Å². The number of Topliss-reactive ketones (excluding diaryl/α,β-unsaturated/α-hetero) is 1. The Hall–Kier alpha value is -3.06. The number of ether oxygens (including phenoxy) is 2. The molecular weight excluding hydrogens is 436 g/mol. The maximum atomic E-state index is 12.3. The van der Waals surface area contributed by atoms with E-state index in [1.54, 1.807) is 19.1 Å². The Bertz CT molecular complexity index is 948. The van der Waals surface area contributed by atoms with Crippen LogP contribution in [0, 0.1) is 11.8 Å². The molecule has 188 valence electrons. The van der Waals surface area contributed by atoms with Gasteiger partial charge in [0.2, 0.25) is 5.78 Å². The molecule has 2 rings (SSSR count). The van der Waals surface area contributed by atoms with Crippen LogP contribution >= 0.6 is 0 Å². The molecule has 0 aromatic heterocycles. The van der Waals surface area contributed by atoms with Crippen LogP contribution in [0.5, 0.6) is 5.75 Å². The third-order valence-electron chi connectivity index (χ3n) is 5.82. The summed E-state index contributed by atoms with van der Waals surface area (Å²) in [4.78, 5) is 24.3. The number of hydrogen-bond acceptors (Lipinski definition) is 4. The van der Waals surface area contributed by atoms with Gasteiger partial charge in [-0.1, -0.05) is 76.1 Å². The summed E-state index contributed by atoms with van der Waals surface area (Å²) in [6.45, 7) is 6.57. The van der Waals surface area contributed by atoms with Gasteiger partial charge >= 0.3 is 5.97 Å². The number of esters is 1. The highest BCUT2D eigenvalue weighted by Gasteiger charge is 2.17. The van der Waals surface area contributed by atoms with Gasteiger partial charge in [0.25, 0.3) is 0 Å². The van der Waals surface area contributed by atoms with Crippen LogP contribution in [-0.4, -0.2) is 24.5 Å². The number of carbonyl (C=O) groups is 2. The summed E-state index contributed by atoms with van der Waals surface area (Å²) in [6, 6.07) is 15.7. The van der Waals surface area contributed by atoms with Crippen molar-refractivity contribution in [2.45, 2.75) is 91.1 Å². The van der Waals surface area contributed by atoms with E-state index >= 15 is 0 Å². The van der Waals surface area contributed by atoms with Crippen molar-refractivity contribution in [3.8, 4) is 17.6 Å². The molecule has 4 nitrogen and oxygen atoms in total. The zero-order valence-electron chi connectivity index (χ0n) is 21.6.